The first-order chi connectivity index (χ1) is 9.83. The molecule has 0 aromatic carbocycles. The standard InChI is InChI=1S/C13H20N6O/c1-20-7-13(2-4-14-5-3-13)6-15-11-10-12(17-8-16-10)19-9-18-11/h8-9,14H,2-7H2,1H3,(H2,15,16,17,18,19). The number of H-pyrrole nitrogens is 1. The summed E-state index contributed by atoms with van der Waals surface area (Å²) in [7, 11) is 1.77. The maximum atomic E-state index is 5.42. The highest BCUT2D eigenvalue weighted by Crippen LogP contribution is 2.29. The molecule has 0 saturated carbocycles. The minimum absolute atomic E-state index is 0.164. The molecule has 0 spiro atoms. The van der Waals surface area contributed by atoms with Gasteiger partial charge in [0.15, 0.2) is 11.5 Å². The molecule has 3 N–H and O–H groups in total. The molecular weight excluding hydrogens is 256 g/mol. The fraction of sp³-hybridized carbons (Fsp3) is 0.615. The molecule has 7 nitrogen and oxygen atoms in total. The molecule has 0 bridgehead atoms. The highest BCUT2D eigenvalue weighted by molar-refractivity contribution is 5.81. The van der Waals surface area contributed by atoms with Crippen LogP contribution in [0.25, 0.3) is 11.2 Å². The number of ether oxygens (including phenoxy) is 1. The highest BCUT2D eigenvalue weighted by Gasteiger charge is 2.32. The Kier molecular flexibility index (Phi) is 3.79. The number of piperidine rings is 1. The first-order valence-corrected chi connectivity index (χ1v) is 6.91. The third-order valence-electron chi connectivity index (χ3n) is 3.97. The van der Waals surface area contributed by atoms with Gasteiger partial charge in [-0.05, 0) is 25.9 Å². The van der Waals surface area contributed by atoms with Gasteiger partial charge < -0.3 is 20.4 Å². The first-order valence-electron chi connectivity index (χ1n) is 6.91. The summed E-state index contributed by atoms with van der Waals surface area (Å²) in [5.41, 5.74) is 1.71. The molecule has 2 aromatic heterocycles. The van der Waals surface area contributed by atoms with Crippen molar-refractivity contribution < 1.29 is 4.74 Å². The lowest BCUT2D eigenvalue weighted by Crippen LogP contribution is -2.44. The van der Waals surface area contributed by atoms with E-state index in [-0.39, 0.29) is 5.41 Å². The van der Waals surface area contributed by atoms with Crippen molar-refractivity contribution in [3.05, 3.63) is 12.7 Å². The summed E-state index contributed by atoms with van der Waals surface area (Å²) in [5, 5.41) is 6.84. The van der Waals surface area contributed by atoms with Crippen molar-refractivity contribution in [2.75, 3.05) is 38.7 Å². The number of hydrogen-bond donors (Lipinski definition) is 3. The summed E-state index contributed by atoms with van der Waals surface area (Å²) >= 11 is 0. The van der Waals surface area contributed by atoms with E-state index in [9.17, 15) is 0 Å². The van der Waals surface area contributed by atoms with E-state index in [2.05, 4.69) is 30.6 Å². The van der Waals surface area contributed by atoms with E-state index in [4.69, 9.17) is 4.74 Å². The molecule has 1 aliphatic heterocycles. The quantitative estimate of drug-likeness (QED) is 0.748. The predicted octanol–water partition coefficient (Wildman–Crippen LogP) is 0.781. The zero-order chi connectivity index (χ0) is 13.8. The van der Waals surface area contributed by atoms with Crippen LogP contribution in [0.2, 0.25) is 0 Å². The molecular formula is C13H20N6O. The lowest BCUT2D eigenvalue weighted by atomic mass is 9.79. The minimum Gasteiger partial charge on any atom is -0.384 e. The fourth-order valence-corrected chi connectivity index (χ4v) is 2.81. The van der Waals surface area contributed by atoms with Crippen LogP contribution in [-0.4, -0.2) is 53.3 Å². The number of nitrogens with zero attached hydrogens (tertiary/aromatic N) is 3. The van der Waals surface area contributed by atoms with Crippen molar-refractivity contribution in [1.82, 2.24) is 25.3 Å². The monoisotopic (exact) mass is 276 g/mol. The molecule has 7 heteroatoms. The zero-order valence-corrected chi connectivity index (χ0v) is 11.6. The molecule has 1 fully saturated rings. The molecule has 108 valence electrons. The molecule has 3 heterocycles. The Morgan fingerprint density at radius 1 is 1.30 bits per heavy atom. The molecule has 0 atom stereocenters. The van der Waals surface area contributed by atoms with Crippen LogP contribution in [0.15, 0.2) is 12.7 Å². The Bertz CT molecular complexity index is 557. The maximum Gasteiger partial charge on any atom is 0.182 e. The number of methoxy groups -OCH3 is 1. The number of aromatic amines is 1. The van der Waals surface area contributed by atoms with E-state index in [0.29, 0.717) is 5.65 Å². The van der Waals surface area contributed by atoms with Gasteiger partial charge in [0.25, 0.3) is 0 Å². The van der Waals surface area contributed by atoms with Crippen molar-refractivity contribution in [1.29, 1.82) is 0 Å². The molecule has 0 radical (unpaired) electrons. The molecule has 0 amide bonds. The summed E-state index contributed by atoms with van der Waals surface area (Å²) in [5.74, 6) is 0.807. The fourth-order valence-electron chi connectivity index (χ4n) is 2.81. The third kappa shape index (κ3) is 2.59. The lowest BCUT2D eigenvalue weighted by molar-refractivity contribution is 0.0635. The minimum atomic E-state index is 0.164. The summed E-state index contributed by atoms with van der Waals surface area (Å²) in [6, 6.07) is 0. The van der Waals surface area contributed by atoms with Gasteiger partial charge in [-0.3, -0.25) is 0 Å². The number of rotatable bonds is 5. The van der Waals surface area contributed by atoms with Crippen LogP contribution in [-0.2, 0) is 4.74 Å². The molecule has 1 saturated heterocycles. The Morgan fingerprint density at radius 3 is 2.95 bits per heavy atom. The van der Waals surface area contributed by atoms with Crippen molar-refractivity contribution in [2.45, 2.75) is 12.8 Å². The van der Waals surface area contributed by atoms with Crippen LogP contribution in [0.5, 0.6) is 0 Å². The van der Waals surface area contributed by atoms with Crippen molar-refractivity contribution >= 4 is 17.0 Å². The number of fused-ring (bicyclic) bond motifs is 1. The van der Waals surface area contributed by atoms with Gasteiger partial charge in [-0.25, -0.2) is 15.0 Å². The van der Waals surface area contributed by atoms with Gasteiger partial charge >= 0.3 is 0 Å². The number of imidazole rings is 1. The molecule has 3 rings (SSSR count). The molecule has 0 aliphatic carbocycles. The Hall–Kier alpha value is -1.73. The van der Waals surface area contributed by atoms with E-state index in [0.717, 1.165) is 50.4 Å². The second-order valence-electron chi connectivity index (χ2n) is 5.36. The Balaban J connectivity index is 1.75. The maximum absolute atomic E-state index is 5.42. The normalized spacial score (nSPS) is 18.2. The van der Waals surface area contributed by atoms with Gasteiger partial charge in [0.05, 0.1) is 12.9 Å². The Labute approximate surface area is 117 Å². The summed E-state index contributed by atoms with van der Waals surface area (Å²) in [4.78, 5) is 15.7. The van der Waals surface area contributed by atoms with Crippen molar-refractivity contribution in [3.8, 4) is 0 Å². The summed E-state index contributed by atoms with van der Waals surface area (Å²) in [6.45, 7) is 3.68. The number of hydrogen-bond acceptors (Lipinski definition) is 6. The second kappa shape index (κ2) is 5.72. The number of anilines is 1. The summed E-state index contributed by atoms with van der Waals surface area (Å²) < 4.78 is 5.42. The zero-order valence-electron chi connectivity index (χ0n) is 11.6. The van der Waals surface area contributed by atoms with Gasteiger partial charge in [0.1, 0.15) is 11.8 Å². The van der Waals surface area contributed by atoms with E-state index in [1.165, 1.54) is 6.33 Å². The summed E-state index contributed by atoms with van der Waals surface area (Å²) in [6.07, 6.45) is 5.38. The van der Waals surface area contributed by atoms with Crippen LogP contribution in [0.4, 0.5) is 5.82 Å². The smallest absolute Gasteiger partial charge is 0.182 e. The average Bonchev–Trinajstić information content (AvgIpc) is 2.95. The lowest BCUT2D eigenvalue weighted by Gasteiger charge is -2.37. The van der Waals surface area contributed by atoms with Crippen LogP contribution in [0.1, 0.15) is 12.8 Å². The predicted molar refractivity (Wildman–Crippen MR) is 76.6 cm³/mol. The van der Waals surface area contributed by atoms with E-state index >= 15 is 0 Å². The van der Waals surface area contributed by atoms with Crippen LogP contribution >= 0.6 is 0 Å². The first kappa shape index (κ1) is 13.3. The topological polar surface area (TPSA) is 87.8 Å². The van der Waals surface area contributed by atoms with Crippen molar-refractivity contribution in [3.63, 3.8) is 0 Å². The van der Waals surface area contributed by atoms with Crippen LogP contribution in [0, 0.1) is 5.41 Å². The van der Waals surface area contributed by atoms with E-state index in [1.54, 1.807) is 13.4 Å². The van der Waals surface area contributed by atoms with Gasteiger partial charge in [0, 0.05) is 19.1 Å². The van der Waals surface area contributed by atoms with Crippen molar-refractivity contribution in [2.24, 2.45) is 5.41 Å². The largest absolute Gasteiger partial charge is 0.384 e. The van der Waals surface area contributed by atoms with E-state index < -0.39 is 0 Å². The third-order valence-corrected chi connectivity index (χ3v) is 3.97. The van der Waals surface area contributed by atoms with Gasteiger partial charge in [-0.2, -0.15) is 0 Å². The Morgan fingerprint density at radius 2 is 2.15 bits per heavy atom. The molecule has 20 heavy (non-hydrogen) atoms. The second-order valence-corrected chi connectivity index (χ2v) is 5.36. The number of nitrogens with one attached hydrogen (secondary N) is 3. The SMILES string of the molecule is COCC1(CNc2ncnc3nc[nH]c23)CCNCC1. The van der Waals surface area contributed by atoms with Gasteiger partial charge in [-0.1, -0.05) is 0 Å². The van der Waals surface area contributed by atoms with Crippen LogP contribution < -0.4 is 10.6 Å². The number of aromatic nitrogens is 4. The molecule has 2 aromatic rings. The highest BCUT2D eigenvalue weighted by atomic mass is 16.5. The van der Waals surface area contributed by atoms with Crippen LogP contribution in [0.3, 0.4) is 0 Å². The van der Waals surface area contributed by atoms with E-state index in [1.807, 2.05) is 0 Å². The van der Waals surface area contributed by atoms with Gasteiger partial charge in [0.2, 0.25) is 0 Å². The average molecular weight is 276 g/mol. The van der Waals surface area contributed by atoms with Gasteiger partial charge in [-0.15, -0.1) is 0 Å². The molecule has 1 aliphatic rings. The molecule has 0 unspecified atom stereocenters.